The van der Waals surface area contributed by atoms with Crippen molar-refractivity contribution in [3.63, 3.8) is 0 Å². The minimum absolute atomic E-state index is 0.270. The van der Waals surface area contributed by atoms with Crippen LogP contribution in [0.5, 0.6) is 0 Å². The first-order valence-electron chi connectivity index (χ1n) is 7.75. The van der Waals surface area contributed by atoms with Crippen molar-refractivity contribution in [2.75, 3.05) is 6.54 Å². The fourth-order valence-corrected chi connectivity index (χ4v) is 3.20. The Morgan fingerprint density at radius 3 is 2.67 bits per heavy atom. The number of aliphatic carboxylic acids is 1. The number of likely N-dealkylation sites (tertiary alicyclic amines) is 1. The van der Waals surface area contributed by atoms with Crippen LogP contribution in [-0.4, -0.2) is 44.3 Å². The van der Waals surface area contributed by atoms with Crippen molar-refractivity contribution in [2.24, 2.45) is 5.92 Å². The van der Waals surface area contributed by atoms with Gasteiger partial charge in [-0.05, 0) is 32.4 Å². The summed E-state index contributed by atoms with van der Waals surface area (Å²) in [7, 11) is 0. The first-order valence-corrected chi connectivity index (χ1v) is 7.75. The summed E-state index contributed by atoms with van der Waals surface area (Å²) in [6, 6.07) is 5.81. The predicted octanol–water partition coefficient (Wildman–Crippen LogP) is 2.26. The monoisotopic (exact) mass is 331 g/mol. The number of rotatable bonds is 3. The second kappa shape index (κ2) is 6.07. The molecule has 1 N–H and O–H groups in total. The van der Waals surface area contributed by atoms with Gasteiger partial charge in [0.25, 0.3) is 5.91 Å². The van der Waals surface area contributed by atoms with E-state index in [9.17, 15) is 19.1 Å². The molecule has 1 amide bonds. The quantitative estimate of drug-likeness (QED) is 0.936. The Balaban J connectivity index is 1.91. The molecule has 126 valence electrons. The third kappa shape index (κ3) is 2.55. The normalized spacial score (nSPS) is 20.4. The lowest BCUT2D eigenvalue weighted by Crippen LogP contribution is -2.37. The molecule has 0 bridgehead atoms. The van der Waals surface area contributed by atoms with E-state index in [4.69, 9.17) is 0 Å². The van der Waals surface area contributed by atoms with E-state index >= 15 is 0 Å². The van der Waals surface area contributed by atoms with Crippen molar-refractivity contribution >= 4 is 11.9 Å². The number of carbonyl (C=O) groups excluding carboxylic acids is 1. The van der Waals surface area contributed by atoms with Gasteiger partial charge in [-0.25, -0.2) is 9.07 Å². The first-order chi connectivity index (χ1) is 11.4. The fourth-order valence-electron chi connectivity index (χ4n) is 3.20. The van der Waals surface area contributed by atoms with Crippen LogP contribution >= 0.6 is 0 Å². The summed E-state index contributed by atoms with van der Waals surface area (Å²) in [5.41, 5.74) is 1.15. The molecule has 1 aromatic carbocycles. The summed E-state index contributed by atoms with van der Waals surface area (Å²) in [4.78, 5) is 25.5. The summed E-state index contributed by atoms with van der Waals surface area (Å²) in [6.07, 6.45) is 1.84. The topological polar surface area (TPSA) is 75.4 Å². The number of carboxylic acid groups (broad SMARTS) is 1. The van der Waals surface area contributed by atoms with Crippen LogP contribution in [0.2, 0.25) is 0 Å². The van der Waals surface area contributed by atoms with E-state index in [-0.39, 0.29) is 17.6 Å². The standard InChI is InChI=1S/C17H18FN3O3/c1-10-12(17(23)24)7-8-20(10)16(22)13-9-19-21(11(13)2)15-6-4-3-5-14(15)18/h3-6,9-10,12H,7-8H2,1-2H3,(H,23,24). The van der Waals surface area contributed by atoms with Crippen LogP contribution < -0.4 is 0 Å². The number of nitrogens with zero attached hydrogens (tertiary/aromatic N) is 3. The molecule has 6 nitrogen and oxygen atoms in total. The van der Waals surface area contributed by atoms with Crippen LogP contribution in [0.25, 0.3) is 5.69 Å². The molecule has 24 heavy (non-hydrogen) atoms. The molecule has 0 radical (unpaired) electrons. The predicted molar refractivity (Wildman–Crippen MR) is 84.5 cm³/mol. The maximum Gasteiger partial charge on any atom is 0.308 e. The SMILES string of the molecule is Cc1c(C(=O)N2CCC(C(=O)O)C2C)cnn1-c1ccccc1F. The summed E-state index contributed by atoms with van der Waals surface area (Å²) in [6.45, 7) is 3.82. The Morgan fingerprint density at radius 1 is 1.33 bits per heavy atom. The molecular formula is C17H18FN3O3. The Morgan fingerprint density at radius 2 is 2.04 bits per heavy atom. The van der Waals surface area contributed by atoms with Gasteiger partial charge in [-0.3, -0.25) is 9.59 Å². The Labute approximate surface area is 138 Å². The van der Waals surface area contributed by atoms with Gasteiger partial charge >= 0.3 is 5.97 Å². The average Bonchev–Trinajstić information content (AvgIpc) is 3.10. The molecule has 2 heterocycles. The van der Waals surface area contributed by atoms with Crippen molar-refractivity contribution in [2.45, 2.75) is 26.3 Å². The molecule has 0 aliphatic carbocycles. The highest BCUT2D eigenvalue weighted by Gasteiger charge is 2.39. The highest BCUT2D eigenvalue weighted by Crippen LogP contribution is 2.27. The molecule has 7 heteroatoms. The Kier molecular flexibility index (Phi) is 4.09. The van der Waals surface area contributed by atoms with E-state index in [1.54, 1.807) is 36.9 Å². The number of benzene rings is 1. The number of carbonyl (C=O) groups is 2. The smallest absolute Gasteiger partial charge is 0.308 e. The molecule has 1 saturated heterocycles. The maximum atomic E-state index is 13.9. The highest BCUT2D eigenvalue weighted by atomic mass is 19.1. The van der Waals surface area contributed by atoms with Gasteiger partial charge in [0, 0.05) is 12.6 Å². The van der Waals surface area contributed by atoms with Crippen molar-refractivity contribution in [1.82, 2.24) is 14.7 Å². The Hall–Kier alpha value is -2.70. The van der Waals surface area contributed by atoms with Gasteiger partial charge in [-0.2, -0.15) is 5.10 Å². The van der Waals surface area contributed by atoms with E-state index in [2.05, 4.69) is 5.10 Å². The van der Waals surface area contributed by atoms with E-state index in [0.29, 0.717) is 24.2 Å². The van der Waals surface area contributed by atoms with Gasteiger partial charge in [0.05, 0.1) is 23.4 Å². The largest absolute Gasteiger partial charge is 0.481 e. The summed E-state index contributed by atoms with van der Waals surface area (Å²) in [5, 5.41) is 13.3. The van der Waals surface area contributed by atoms with Gasteiger partial charge in [0.1, 0.15) is 11.5 Å². The Bertz CT molecular complexity index is 802. The number of halogens is 1. The lowest BCUT2D eigenvalue weighted by molar-refractivity contribution is -0.142. The number of carboxylic acids is 1. The lowest BCUT2D eigenvalue weighted by Gasteiger charge is -2.23. The second-order valence-electron chi connectivity index (χ2n) is 5.98. The minimum atomic E-state index is -0.892. The molecule has 1 aromatic heterocycles. The van der Waals surface area contributed by atoms with Crippen LogP contribution in [0.1, 0.15) is 29.4 Å². The molecule has 3 rings (SSSR count). The zero-order valence-electron chi connectivity index (χ0n) is 13.4. The molecule has 2 aromatic rings. The zero-order valence-corrected chi connectivity index (χ0v) is 13.4. The van der Waals surface area contributed by atoms with E-state index in [1.165, 1.54) is 16.9 Å². The van der Waals surface area contributed by atoms with Gasteiger partial charge in [-0.15, -0.1) is 0 Å². The van der Waals surface area contributed by atoms with Crippen LogP contribution in [0.3, 0.4) is 0 Å². The van der Waals surface area contributed by atoms with Gasteiger partial charge in [0.2, 0.25) is 0 Å². The second-order valence-corrected chi connectivity index (χ2v) is 5.98. The molecule has 1 aliphatic heterocycles. The maximum absolute atomic E-state index is 13.9. The number of para-hydroxylation sites is 1. The minimum Gasteiger partial charge on any atom is -0.481 e. The molecular weight excluding hydrogens is 313 g/mol. The third-order valence-corrected chi connectivity index (χ3v) is 4.65. The van der Waals surface area contributed by atoms with Gasteiger partial charge < -0.3 is 10.0 Å². The molecule has 0 saturated carbocycles. The first kappa shape index (κ1) is 16.2. The number of hydrogen-bond acceptors (Lipinski definition) is 3. The van der Waals surface area contributed by atoms with Gasteiger partial charge in [-0.1, -0.05) is 12.1 Å². The third-order valence-electron chi connectivity index (χ3n) is 4.65. The number of hydrogen-bond donors (Lipinski definition) is 1. The summed E-state index contributed by atoms with van der Waals surface area (Å²) in [5.74, 6) is -2.15. The lowest BCUT2D eigenvalue weighted by atomic mass is 10.0. The number of aromatic nitrogens is 2. The van der Waals surface area contributed by atoms with E-state index in [1.807, 2.05) is 0 Å². The van der Waals surface area contributed by atoms with Crippen LogP contribution in [0, 0.1) is 18.7 Å². The van der Waals surface area contributed by atoms with Crippen LogP contribution in [0.4, 0.5) is 4.39 Å². The molecule has 1 aliphatic rings. The van der Waals surface area contributed by atoms with Crippen molar-refractivity contribution in [3.05, 3.63) is 47.5 Å². The summed E-state index contributed by atoms with van der Waals surface area (Å²) < 4.78 is 15.3. The zero-order chi connectivity index (χ0) is 17.4. The molecule has 1 fully saturated rings. The number of amides is 1. The van der Waals surface area contributed by atoms with Crippen molar-refractivity contribution in [1.29, 1.82) is 0 Å². The van der Waals surface area contributed by atoms with Crippen molar-refractivity contribution in [3.8, 4) is 5.69 Å². The molecule has 2 atom stereocenters. The highest BCUT2D eigenvalue weighted by molar-refractivity contribution is 5.96. The summed E-state index contributed by atoms with van der Waals surface area (Å²) >= 11 is 0. The molecule has 0 spiro atoms. The van der Waals surface area contributed by atoms with Crippen molar-refractivity contribution < 1.29 is 19.1 Å². The average molecular weight is 331 g/mol. The van der Waals surface area contributed by atoms with E-state index < -0.39 is 17.7 Å². The van der Waals surface area contributed by atoms with E-state index in [0.717, 1.165) is 0 Å². The van der Waals surface area contributed by atoms with Crippen LogP contribution in [-0.2, 0) is 4.79 Å². The molecule has 2 unspecified atom stereocenters. The van der Waals surface area contributed by atoms with Gasteiger partial charge in [0.15, 0.2) is 0 Å². The van der Waals surface area contributed by atoms with Crippen LogP contribution in [0.15, 0.2) is 30.5 Å². The fraction of sp³-hybridized carbons (Fsp3) is 0.353.